The summed E-state index contributed by atoms with van der Waals surface area (Å²) in [7, 11) is 0. The van der Waals surface area contributed by atoms with E-state index in [1.54, 1.807) is 19.1 Å². The topological polar surface area (TPSA) is 47.8 Å². The van der Waals surface area contributed by atoms with Crippen molar-refractivity contribution < 1.29 is 9.18 Å². The van der Waals surface area contributed by atoms with Crippen molar-refractivity contribution in [2.45, 2.75) is 13.8 Å². The number of ketones is 1. The fraction of sp³-hybridized carbons (Fsp3) is 0.182. The Bertz CT molecular complexity index is 594. The predicted molar refractivity (Wildman–Crippen MR) is 63.8 cm³/mol. The largest absolute Gasteiger partial charge is 0.293 e. The molecule has 1 heterocycles. The fourth-order valence-corrected chi connectivity index (χ4v) is 1.76. The van der Waals surface area contributed by atoms with Crippen molar-refractivity contribution in [2.75, 3.05) is 0 Å². The van der Waals surface area contributed by atoms with Gasteiger partial charge in [-0.3, -0.25) is 4.79 Å². The molecule has 1 aromatic carbocycles. The van der Waals surface area contributed by atoms with Crippen LogP contribution in [0.15, 0.2) is 22.7 Å². The maximum atomic E-state index is 13.4. The van der Waals surface area contributed by atoms with Crippen molar-refractivity contribution in [3.63, 3.8) is 0 Å². The van der Waals surface area contributed by atoms with Crippen LogP contribution in [0, 0.1) is 12.7 Å². The highest BCUT2D eigenvalue weighted by Gasteiger charge is 2.14. The van der Waals surface area contributed by atoms with Crippen LogP contribution in [0.25, 0.3) is 5.69 Å². The van der Waals surface area contributed by atoms with E-state index in [0.29, 0.717) is 21.5 Å². The Balaban J connectivity index is 2.53. The molecule has 0 fully saturated rings. The predicted octanol–water partition coefficient (Wildman–Crippen LogP) is 2.68. The molecule has 0 aliphatic heterocycles. The Hall–Kier alpha value is -1.56. The molecule has 0 aliphatic rings. The first-order valence-corrected chi connectivity index (χ1v) is 5.68. The number of rotatable bonds is 2. The number of hydrogen-bond acceptors (Lipinski definition) is 3. The van der Waals surface area contributed by atoms with Gasteiger partial charge >= 0.3 is 0 Å². The highest BCUT2D eigenvalue weighted by molar-refractivity contribution is 9.10. The quantitative estimate of drug-likeness (QED) is 0.801. The summed E-state index contributed by atoms with van der Waals surface area (Å²) >= 11 is 3.07. The lowest BCUT2D eigenvalue weighted by molar-refractivity contribution is 0.101. The van der Waals surface area contributed by atoms with Crippen LogP contribution in [0.4, 0.5) is 4.39 Å². The molecule has 4 nitrogen and oxygen atoms in total. The maximum Gasteiger partial charge on any atom is 0.181 e. The van der Waals surface area contributed by atoms with E-state index in [9.17, 15) is 9.18 Å². The van der Waals surface area contributed by atoms with Crippen molar-refractivity contribution in [3.8, 4) is 5.69 Å². The van der Waals surface area contributed by atoms with E-state index >= 15 is 0 Å². The molecule has 2 rings (SSSR count). The minimum absolute atomic E-state index is 0.161. The zero-order valence-corrected chi connectivity index (χ0v) is 10.8. The second kappa shape index (κ2) is 4.37. The number of nitrogens with zero attached hydrogens (tertiary/aromatic N) is 3. The van der Waals surface area contributed by atoms with Gasteiger partial charge < -0.3 is 0 Å². The monoisotopic (exact) mass is 297 g/mol. The number of aromatic nitrogens is 3. The normalized spacial score (nSPS) is 10.6. The zero-order valence-electron chi connectivity index (χ0n) is 9.24. The van der Waals surface area contributed by atoms with Crippen LogP contribution in [0.3, 0.4) is 0 Å². The van der Waals surface area contributed by atoms with Crippen LogP contribution in [0.1, 0.15) is 23.1 Å². The van der Waals surface area contributed by atoms with Crippen LogP contribution in [-0.2, 0) is 0 Å². The summed E-state index contributed by atoms with van der Waals surface area (Å²) in [6.45, 7) is 3.14. The molecule has 0 saturated carbocycles. The van der Waals surface area contributed by atoms with E-state index in [4.69, 9.17) is 0 Å². The average molecular weight is 298 g/mol. The summed E-state index contributed by atoms with van der Waals surface area (Å²) in [5.74, 6) is -0.548. The van der Waals surface area contributed by atoms with Crippen LogP contribution in [-0.4, -0.2) is 20.8 Å². The number of carbonyl (C=O) groups is 1. The van der Waals surface area contributed by atoms with E-state index in [-0.39, 0.29) is 11.6 Å². The van der Waals surface area contributed by atoms with Gasteiger partial charge in [0.1, 0.15) is 5.82 Å². The molecule has 0 radical (unpaired) electrons. The van der Waals surface area contributed by atoms with E-state index < -0.39 is 0 Å². The van der Waals surface area contributed by atoms with Gasteiger partial charge in [0, 0.05) is 13.0 Å². The molecule has 0 spiro atoms. The molecule has 17 heavy (non-hydrogen) atoms. The van der Waals surface area contributed by atoms with Gasteiger partial charge in [0.2, 0.25) is 0 Å². The number of hydrogen-bond donors (Lipinski definition) is 0. The molecule has 88 valence electrons. The Morgan fingerprint density at radius 3 is 2.71 bits per heavy atom. The third-order valence-electron chi connectivity index (χ3n) is 2.38. The molecule has 0 bridgehead atoms. The summed E-state index contributed by atoms with van der Waals surface area (Å²) in [6.07, 6.45) is 0. The molecule has 0 saturated heterocycles. The summed E-state index contributed by atoms with van der Waals surface area (Å²) in [5, 5.41) is 7.61. The molecule has 1 aromatic heterocycles. The van der Waals surface area contributed by atoms with Crippen LogP contribution in [0.2, 0.25) is 0 Å². The molecule has 0 aliphatic carbocycles. The third-order valence-corrected chi connectivity index (χ3v) is 3.02. The summed E-state index contributed by atoms with van der Waals surface area (Å²) < 4.78 is 15.2. The van der Waals surface area contributed by atoms with E-state index in [1.807, 2.05) is 0 Å². The van der Waals surface area contributed by atoms with Crippen LogP contribution >= 0.6 is 15.9 Å². The second-order valence-electron chi connectivity index (χ2n) is 3.59. The number of Topliss-reactive ketones (excluding diaryl/α,β-unsaturated/α-hetero) is 1. The smallest absolute Gasteiger partial charge is 0.181 e. The zero-order chi connectivity index (χ0) is 12.6. The lowest BCUT2D eigenvalue weighted by atomic mass is 10.2. The molecule has 0 unspecified atom stereocenters. The number of carbonyl (C=O) groups excluding carboxylic acids is 1. The van der Waals surface area contributed by atoms with Gasteiger partial charge in [-0.15, -0.1) is 5.10 Å². The van der Waals surface area contributed by atoms with Gasteiger partial charge in [-0.25, -0.2) is 9.07 Å². The van der Waals surface area contributed by atoms with Crippen molar-refractivity contribution in [1.82, 2.24) is 15.0 Å². The third kappa shape index (κ3) is 2.12. The number of halogens is 2. The van der Waals surface area contributed by atoms with Gasteiger partial charge in [-0.2, -0.15) is 0 Å². The molecule has 0 amide bonds. The second-order valence-corrected chi connectivity index (χ2v) is 4.44. The van der Waals surface area contributed by atoms with E-state index in [2.05, 4.69) is 26.2 Å². The SMILES string of the molecule is CC(=O)c1nnn(-c2ccc(Br)c(F)c2)c1C. The first-order chi connectivity index (χ1) is 8.00. The van der Waals surface area contributed by atoms with Gasteiger partial charge in [-0.1, -0.05) is 5.21 Å². The Morgan fingerprint density at radius 2 is 2.18 bits per heavy atom. The molecule has 2 aromatic rings. The van der Waals surface area contributed by atoms with Crippen LogP contribution < -0.4 is 0 Å². The minimum Gasteiger partial charge on any atom is -0.293 e. The first kappa shape index (κ1) is 11.9. The highest BCUT2D eigenvalue weighted by Crippen LogP contribution is 2.19. The van der Waals surface area contributed by atoms with E-state index in [1.165, 1.54) is 17.7 Å². The van der Waals surface area contributed by atoms with Crippen molar-refractivity contribution in [2.24, 2.45) is 0 Å². The van der Waals surface area contributed by atoms with Crippen molar-refractivity contribution in [1.29, 1.82) is 0 Å². The van der Waals surface area contributed by atoms with Gasteiger partial charge in [0.05, 0.1) is 15.9 Å². The standard InChI is InChI=1S/C11H9BrFN3O/c1-6-11(7(2)17)14-15-16(6)8-3-4-9(12)10(13)5-8/h3-5H,1-2H3. The fourth-order valence-electron chi connectivity index (χ4n) is 1.52. The Kier molecular flexibility index (Phi) is 3.06. The first-order valence-electron chi connectivity index (χ1n) is 4.89. The summed E-state index contributed by atoms with van der Waals surface area (Å²) in [4.78, 5) is 11.2. The number of benzene rings is 1. The Morgan fingerprint density at radius 1 is 1.47 bits per heavy atom. The molecule has 0 N–H and O–H groups in total. The van der Waals surface area contributed by atoms with Gasteiger partial charge in [0.15, 0.2) is 11.5 Å². The molecular weight excluding hydrogens is 289 g/mol. The minimum atomic E-state index is -0.387. The summed E-state index contributed by atoms with van der Waals surface area (Å²) in [5.41, 5.74) is 1.43. The lowest BCUT2D eigenvalue weighted by Crippen LogP contribution is -2.01. The summed E-state index contributed by atoms with van der Waals surface area (Å²) in [6, 6.07) is 4.60. The molecular formula is C11H9BrFN3O. The van der Waals surface area contributed by atoms with Crippen molar-refractivity contribution >= 4 is 21.7 Å². The highest BCUT2D eigenvalue weighted by atomic mass is 79.9. The van der Waals surface area contributed by atoms with Gasteiger partial charge in [0.25, 0.3) is 0 Å². The van der Waals surface area contributed by atoms with E-state index in [0.717, 1.165) is 0 Å². The van der Waals surface area contributed by atoms with Gasteiger partial charge in [-0.05, 0) is 35.0 Å². The average Bonchev–Trinajstić information content (AvgIpc) is 2.64. The van der Waals surface area contributed by atoms with Crippen molar-refractivity contribution in [3.05, 3.63) is 39.9 Å². The molecule has 0 atom stereocenters. The Labute approximate surface area is 106 Å². The maximum absolute atomic E-state index is 13.4. The molecule has 6 heteroatoms. The van der Waals surface area contributed by atoms with Crippen LogP contribution in [0.5, 0.6) is 0 Å². The lowest BCUT2D eigenvalue weighted by Gasteiger charge is -2.04.